The SMILES string of the molecule is CCc1nc(C(C)(C)c2ccc(F)cc2)nc(N)c1Br. The lowest BCUT2D eigenvalue weighted by molar-refractivity contribution is 0.579. The Morgan fingerprint density at radius 3 is 2.35 bits per heavy atom. The van der Waals surface area contributed by atoms with Crippen LogP contribution in [0.15, 0.2) is 28.7 Å². The molecule has 0 bridgehead atoms. The maximum Gasteiger partial charge on any atom is 0.141 e. The molecule has 0 aliphatic rings. The van der Waals surface area contributed by atoms with Gasteiger partial charge < -0.3 is 5.73 Å². The quantitative estimate of drug-likeness (QED) is 0.925. The fourth-order valence-corrected chi connectivity index (χ4v) is 2.48. The van der Waals surface area contributed by atoms with Gasteiger partial charge in [-0.15, -0.1) is 0 Å². The lowest BCUT2D eigenvalue weighted by Crippen LogP contribution is -2.24. The van der Waals surface area contributed by atoms with Crippen molar-refractivity contribution in [3.63, 3.8) is 0 Å². The first-order chi connectivity index (χ1) is 9.36. The van der Waals surface area contributed by atoms with Gasteiger partial charge in [-0.25, -0.2) is 14.4 Å². The number of aryl methyl sites for hydroxylation is 1. The molecule has 0 atom stereocenters. The first-order valence-electron chi connectivity index (χ1n) is 6.44. The van der Waals surface area contributed by atoms with E-state index in [0.717, 1.165) is 22.2 Å². The van der Waals surface area contributed by atoms with Crippen molar-refractivity contribution < 1.29 is 4.39 Å². The Hall–Kier alpha value is -1.49. The molecule has 0 saturated carbocycles. The minimum absolute atomic E-state index is 0.255. The number of halogens is 2. The van der Waals surface area contributed by atoms with Gasteiger partial charge in [-0.1, -0.05) is 19.1 Å². The van der Waals surface area contributed by atoms with E-state index in [4.69, 9.17) is 5.73 Å². The Morgan fingerprint density at radius 2 is 1.80 bits per heavy atom. The van der Waals surface area contributed by atoms with Crippen LogP contribution in [-0.2, 0) is 11.8 Å². The number of benzene rings is 1. The van der Waals surface area contributed by atoms with Crippen LogP contribution in [0.3, 0.4) is 0 Å². The number of rotatable bonds is 3. The molecule has 5 heteroatoms. The van der Waals surface area contributed by atoms with E-state index in [0.29, 0.717) is 11.6 Å². The Morgan fingerprint density at radius 1 is 1.20 bits per heavy atom. The summed E-state index contributed by atoms with van der Waals surface area (Å²) in [5, 5.41) is 0. The zero-order chi connectivity index (χ0) is 14.9. The largest absolute Gasteiger partial charge is 0.383 e. The molecule has 0 radical (unpaired) electrons. The Bertz CT molecular complexity index is 624. The van der Waals surface area contributed by atoms with Gasteiger partial charge in [0, 0.05) is 5.41 Å². The predicted molar refractivity (Wildman–Crippen MR) is 82.1 cm³/mol. The molecule has 0 aliphatic carbocycles. The molecule has 2 aromatic rings. The number of nitrogen functional groups attached to an aromatic ring is 1. The second kappa shape index (κ2) is 5.48. The molecular weight excluding hydrogens is 321 g/mol. The average molecular weight is 338 g/mol. The van der Waals surface area contributed by atoms with Crippen molar-refractivity contribution in [1.29, 1.82) is 0 Å². The van der Waals surface area contributed by atoms with Crippen LogP contribution in [0.5, 0.6) is 0 Å². The molecule has 2 rings (SSSR count). The smallest absolute Gasteiger partial charge is 0.141 e. The number of anilines is 1. The molecule has 0 unspecified atom stereocenters. The van der Waals surface area contributed by atoms with E-state index in [1.807, 2.05) is 20.8 Å². The van der Waals surface area contributed by atoms with Gasteiger partial charge in [0.05, 0.1) is 10.2 Å². The van der Waals surface area contributed by atoms with Gasteiger partial charge in [-0.2, -0.15) is 0 Å². The van der Waals surface area contributed by atoms with Crippen molar-refractivity contribution in [2.24, 2.45) is 0 Å². The van der Waals surface area contributed by atoms with Gasteiger partial charge >= 0.3 is 0 Å². The molecule has 1 aromatic heterocycles. The van der Waals surface area contributed by atoms with Gasteiger partial charge in [0.2, 0.25) is 0 Å². The van der Waals surface area contributed by atoms with E-state index < -0.39 is 5.41 Å². The molecule has 0 fully saturated rings. The van der Waals surface area contributed by atoms with E-state index in [1.165, 1.54) is 12.1 Å². The zero-order valence-electron chi connectivity index (χ0n) is 11.7. The van der Waals surface area contributed by atoms with Gasteiger partial charge in [0.1, 0.15) is 17.5 Å². The van der Waals surface area contributed by atoms with Crippen molar-refractivity contribution in [3.05, 3.63) is 51.6 Å². The fraction of sp³-hybridized carbons (Fsp3) is 0.333. The highest BCUT2D eigenvalue weighted by atomic mass is 79.9. The lowest BCUT2D eigenvalue weighted by Gasteiger charge is -2.24. The van der Waals surface area contributed by atoms with E-state index in [1.54, 1.807) is 12.1 Å². The summed E-state index contributed by atoms with van der Waals surface area (Å²) in [5.74, 6) is 0.818. The molecule has 0 amide bonds. The van der Waals surface area contributed by atoms with Gasteiger partial charge in [0.15, 0.2) is 0 Å². The first kappa shape index (κ1) is 14.9. The molecule has 0 aliphatic heterocycles. The third kappa shape index (κ3) is 2.68. The number of hydrogen-bond donors (Lipinski definition) is 1. The van der Waals surface area contributed by atoms with E-state index in [9.17, 15) is 4.39 Å². The summed E-state index contributed by atoms with van der Waals surface area (Å²) in [6.07, 6.45) is 0.764. The van der Waals surface area contributed by atoms with Crippen LogP contribution >= 0.6 is 15.9 Å². The number of nitrogens with zero attached hydrogens (tertiary/aromatic N) is 2. The lowest BCUT2D eigenvalue weighted by atomic mass is 9.83. The molecule has 1 heterocycles. The molecule has 106 valence electrons. The van der Waals surface area contributed by atoms with Crippen molar-refractivity contribution in [2.75, 3.05) is 5.73 Å². The highest BCUT2D eigenvalue weighted by Gasteiger charge is 2.28. The predicted octanol–water partition coefficient (Wildman–Crippen LogP) is 3.85. The van der Waals surface area contributed by atoms with E-state index >= 15 is 0 Å². The average Bonchev–Trinajstić information content (AvgIpc) is 2.42. The van der Waals surface area contributed by atoms with Crippen LogP contribution in [0, 0.1) is 5.82 Å². The second-order valence-electron chi connectivity index (χ2n) is 5.18. The van der Waals surface area contributed by atoms with Crippen LogP contribution in [0.4, 0.5) is 10.2 Å². The summed E-state index contributed by atoms with van der Waals surface area (Å²) in [7, 11) is 0. The minimum Gasteiger partial charge on any atom is -0.383 e. The number of nitrogens with two attached hydrogens (primary N) is 1. The highest BCUT2D eigenvalue weighted by molar-refractivity contribution is 9.10. The summed E-state index contributed by atoms with van der Waals surface area (Å²) in [5.41, 5.74) is 7.32. The van der Waals surface area contributed by atoms with Crippen molar-refractivity contribution in [1.82, 2.24) is 9.97 Å². The van der Waals surface area contributed by atoms with Crippen LogP contribution in [0.25, 0.3) is 0 Å². The third-order valence-corrected chi connectivity index (χ3v) is 4.27. The Labute approximate surface area is 126 Å². The third-order valence-electron chi connectivity index (χ3n) is 3.41. The molecule has 0 saturated heterocycles. The molecule has 2 N–H and O–H groups in total. The Kier molecular flexibility index (Phi) is 4.09. The zero-order valence-corrected chi connectivity index (χ0v) is 13.3. The standard InChI is InChI=1S/C15H17BrFN3/c1-4-11-12(16)13(18)20-14(19-11)15(2,3)9-5-7-10(17)8-6-9/h5-8H,4H2,1-3H3,(H2,18,19,20). The van der Waals surface area contributed by atoms with Gasteiger partial charge in [-0.05, 0) is 53.9 Å². The first-order valence-corrected chi connectivity index (χ1v) is 7.24. The molecule has 20 heavy (non-hydrogen) atoms. The summed E-state index contributed by atoms with van der Waals surface area (Å²) >= 11 is 3.41. The van der Waals surface area contributed by atoms with Gasteiger partial charge in [-0.3, -0.25) is 0 Å². The van der Waals surface area contributed by atoms with E-state index in [-0.39, 0.29) is 5.82 Å². The van der Waals surface area contributed by atoms with E-state index in [2.05, 4.69) is 25.9 Å². The monoisotopic (exact) mass is 337 g/mol. The highest BCUT2D eigenvalue weighted by Crippen LogP contribution is 2.32. The Balaban J connectivity index is 2.53. The topological polar surface area (TPSA) is 51.8 Å². The van der Waals surface area contributed by atoms with Crippen molar-refractivity contribution in [3.8, 4) is 0 Å². The summed E-state index contributed by atoms with van der Waals surface area (Å²) in [6.45, 7) is 6.02. The normalized spacial score (nSPS) is 11.7. The number of hydrogen-bond acceptors (Lipinski definition) is 3. The van der Waals surface area contributed by atoms with Crippen LogP contribution < -0.4 is 5.73 Å². The molecule has 3 nitrogen and oxygen atoms in total. The summed E-state index contributed by atoms with van der Waals surface area (Å²) in [6, 6.07) is 6.39. The van der Waals surface area contributed by atoms with Crippen LogP contribution in [0.2, 0.25) is 0 Å². The van der Waals surface area contributed by atoms with Crippen molar-refractivity contribution in [2.45, 2.75) is 32.6 Å². The molecule has 1 aromatic carbocycles. The fourth-order valence-electron chi connectivity index (χ4n) is 2.02. The van der Waals surface area contributed by atoms with Gasteiger partial charge in [0.25, 0.3) is 0 Å². The minimum atomic E-state index is -0.438. The second-order valence-corrected chi connectivity index (χ2v) is 5.97. The van der Waals surface area contributed by atoms with Crippen LogP contribution in [-0.4, -0.2) is 9.97 Å². The summed E-state index contributed by atoms with van der Waals surface area (Å²) < 4.78 is 13.8. The summed E-state index contributed by atoms with van der Waals surface area (Å²) in [4.78, 5) is 8.97. The van der Waals surface area contributed by atoms with Crippen molar-refractivity contribution >= 4 is 21.7 Å². The molecular formula is C15H17BrFN3. The maximum absolute atomic E-state index is 13.1. The van der Waals surface area contributed by atoms with Crippen LogP contribution in [0.1, 0.15) is 37.9 Å². The number of aromatic nitrogens is 2. The molecule has 0 spiro atoms. The maximum atomic E-state index is 13.1.